The number of nitrogens with one attached hydrogen (secondary N) is 1. The molecule has 1 rings (SSSR count). The van der Waals surface area contributed by atoms with Crippen molar-refractivity contribution in [3.05, 3.63) is 27.3 Å². The molecule has 7 heteroatoms. The number of aliphatic hydroxyl groups excluding tert-OH is 1. The largest absolute Gasteiger partial charge is 0.393 e. The Bertz CT molecular complexity index is 395. The molecule has 0 aromatic heterocycles. The number of nitrogen functional groups attached to an aromatic ring is 1. The maximum Gasteiger partial charge on any atom is 0.294 e. The van der Waals surface area contributed by atoms with E-state index in [4.69, 9.17) is 22.4 Å². The predicted octanol–water partition coefficient (Wildman–Crippen LogP) is 1.58. The first kappa shape index (κ1) is 11.5. The van der Waals surface area contributed by atoms with Crippen LogP contribution in [0.15, 0.2) is 12.1 Å². The molecular weight excluding hydrogens is 222 g/mol. The second-order valence-corrected chi connectivity index (χ2v) is 3.38. The van der Waals surface area contributed by atoms with E-state index in [9.17, 15) is 10.1 Å². The Labute approximate surface area is 90.8 Å². The smallest absolute Gasteiger partial charge is 0.294 e. The molecular formula is C8H10ClN3O3. The minimum Gasteiger partial charge on any atom is -0.393 e. The molecule has 0 heterocycles. The lowest BCUT2D eigenvalue weighted by atomic mass is 10.2. The summed E-state index contributed by atoms with van der Waals surface area (Å²) in [6.45, 7) is 1.47. The Kier molecular flexibility index (Phi) is 3.33. The molecule has 6 nitrogen and oxygen atoms in total. The SMILES string of the molecule is CC(O)Nc1cc([N+](=O)[O-])c(N)cc1Cl. The normalized spacial score (nSPS) is 12.2. The van der Waals surface area contributed by atoms with Crippen LogP contribution in [-0.4, -0.2) is 16.3 Å². The molecule has 1 unspecified atom stereocenters. The number of nitrogens with zero attached hydrogens (tertiary/aromatic N) is 1. The Hall–Kier alpha value is -1.53. The quantitative estimate of drug-likeness (QED) is 0.317. The van der Waals surface area contributed by atoms with Gasteiger partial charge in [0.25, 0.3) is 5.69 Å². The highest BCUT2D eigenvalue weighted by Crippen LogP contribution is 2.32. The van der Waals surface area contributed by atoms with Gasteiger partial charge in [-0.3, -0.25) is 10.1 Å². The summed E-state index contributed by atoms with van der Waals surface area (Å²) in [6.07, 6.45) is -0.856. The van der Waals surface area contributed by atoms with Gasteiger partial charge >= 0.3 is 0 Å². The monoisotopic (exact) mass is 231 g/mol. The van der Waals surface area contributed by atoms with Gasteiger partial charge in [0.05, 0.1) is 15.6 Å². The second kappa shape index (κ2) is 4.33. The Morgan fingerprint density at radius 1 is 1.67 bits per heavy atom. The molecule has 1 atom stereocenters. The Morgan fingerprint density at radius 3 is 2.73 bits per heavy atom. The van der Waals surface area contributed by atoms with Crippen molar-refractivity contribution in [3.8, 4) is 0 Å². The van der Waals surface area contributed by atoms with Crippen LogP contribution in [0.25, 0.3) is 0 Å². The van der Waals surface area contributed by atoms with Gasteiger partial charge in [-0.1, -0.05) is 11.6 Å². The van der Waals surface area contributed by atoms with E-state index in [1.165, 1.54) is 19.1 Å². The van der Waals surface area contributed by atoms with Gasteiger partial charge in [-0.2, -0.15) is 0 Å². The fourth-order valence-corrected chi connectivity index (χ4v) is 1.30. The van der Waals surface area contributed by atoms with Gasteiger partial charge in [-0.15, -0.1) is 0 Å². The van der Waals surface area contributed by atoms with Gasteiger partial charge in [-0.05, 0) is 13.0 Å². The lowest BCUT2D eigenvalue weighted by Gasteiger charge is -2.11. The highest BCUT2D eigenvalue weighted by Gasteiger charge is 2.15. The summed E-state index contributed by atoms with van der Waals surface area (Å²) in [5.74, 6) is 0. The molecule has 0 saturated carbocycles. The van der Waals surface area contributed by atoms with Gasteiger partial charge in [0.2, 0.25) is 0 Å². The minimum atomic E-state index is -0.856. The third kappa shape index (κ3) is 2.71. The number of halogens is 1. The first-order valence-electron chi connectivity index (χ1n) is 4.10. The molecule has 0 fully saturated rings. The number of aliphatic hydroxyl groups is 1. The molecule has 82 valence electrons. The average Bonchev–Trinajstić information content (AvgIpc) is 2.08. The van der Waals surface area contributed by atoms with E-state index < -0.39 is 11.2 Å². The fourth-order valence-electron chi connectivity index (χ4n) is 1.07. The molecule has 0 radical (unpaired) electrons. The zero-order chi connectivity index (χ0) is 11.6. The Balaban J connectivity index is 3.17. The highest BCUT2D eigenvalue weighted by atomic mass is 35.5. The van der Waals surface area contributed by atoms with E-state index in [1.54, 1.807) is 0 Å². The van der Waals surface area contributed by atoms with Crippen molar-refractivity contribution in [2.75, 3.05) is 11.1 Å². The molecule has 15 heavy (non-hydrogen) atoms. The lowest BCUT2D eigenvalue weighted by molar-refractivity contribution is -0.383. The van der Waals surface area contributed by atoms with Crippen LogP contribution in [0, 0.1) is 10.1 Å². The van der Waals surface area contributed by atoms with Crippen LogP contribution >= 0.6 is 11.6 Å². The topological polar surface area (TPSA) is 101 Å². The first-order valence-corrected chi connectivity index (χ1v) is 4.47. The summed E-state index contributed by atoms with van der Waals surface area (Å²) in [5.41, 5.74) is 5.42. The van der Waals surface area contributed by atoms with Crippen LogP contribution in [0.5, 0.6) is 0 Å². The average molecular weight is 232 g/mol. The molecule has 0 amide bonds. The number of benzene rings is 1. The van der Waals surface area contributed by atoms with E-state index >= 15 is 0 Å². The number of nitrogens with two attached hydrogens (primary N) is 1. The first-order chi connectivity index (χ1) is 6.91. The second-order valence-electron chi connectivity index (χ2n) is 2.97. The summed E-state index contributed by atoms with van der Waals surface area (Å²) in [4.78, 5) is 9.95. The van der Waals surface area contributed by atoms with Crippen molar-refractivity contribution in [2.24, 2.45) is 0 Å². The number of nitro benzene ring substituents is 1. The zero-order valence-electron chi connectivity index (χ0n) is 7.90. The number of anilines is 2. The van der Waals surface area contributed by atoms with Crippen LogP contribution in [0.1, 0.15) is 6.92 Å². The fraction of sp³-hybridized carbons (Fsp3) is 0.250. The predicted molar refractivity (Wildman–Crippen MR) is 57.8 cm³/mol. The molecule has 0 aliphatic rings. The van der Waals surface area contributed by atoms with E-state index in [0.717, 1.165) is 0 Å². The molecule has 0 bridgehead atoms. The van der Waals surface area contributed by atoms with Gasteiger partial charge in [0, 0.05) is 6.07 Å². The molecule has 4 N–H and O–H groups in total. The number of nitro groups is 1. The number of rotatable bonds is 3. The van der Waals surface area contributed by atoms with Crippen LogP contribution in [0.3, 0.4) is 0 Å². The van der Waals surface area contributed by atoms with Gasteiger partial charge in [-0.25, -0.2) is 0 Å². The molecule has 0 spiro atoms. The van der Waals surface area contributed by atoms with E-state index in [2.05, 4.69) is 5.32 Å². The minimum absolute atomic E-state index is 0.0128. The van der Waals surface area contributed by atoms with Crippen molar-refractivity contribution in [1.29, 1.82) is 0 Å². The van der Waals surface area contributed by atoms with Crippen molar-refractivity contribution < 1.29 is 10.0 Å². The summed E-state index contributed by atoms with van der Waals surface area (Å²) in [6, 6.07) is 2.45. The van der Waals surface area contributed by atoms with Crippen molar-refractivity contribution in [2.45, 2.75) is 13.2 Å². The lowest BCUT2D eigenvalue weighted by Crippen LogP contribution is -2.14. The van der Waals surface area contributed by atoms with Crippen molar-refractivity contribution >= 4 is 28.7 Å². The maximum atomic E-state index is 10.6. The van der Waals surface area contributed by atoms with E-state index in [-0.39, 0.29) is 22.1 Å². The maximum absolute atomic E-state index is 10.6. The van der Waals surface area contributed by atoms with Gasteiger partial charge in [0.15, 0.2) is 0 Å². The molecule has 0 aliphatic carbocycles. The van der Waals surface area contributed by atoms with Crippen LogP contribution in [-0.2, 0) is 0 Å². The zero-order valence-corrected chi connectivity index (χ0v) is 8.65. The number of hydrogen-bond donors (Lipinski definition) is 3. The summed E-state index contributed by atoms with van der Waals surface area (Å²) in [7, 11) is 0. The molecule has 0 saturated heterocycles. The standard InChI is InChI=1S/C8H10ClN3O3/c1-4(13)11-7-3-8(12(14)15)6(10)2-5(7)9/h2-4,11,13H,10H2,1H3. The molecule has 0 aliphatic heterocycles. The van der Waals surface area contributed by atoms with E-state index in [0.29, 0.717) is 0 Å². The summed E-state index contributed by atoms with van der Waals surface area (Å²) < 4.78 is 0. The Morgan fingerprint density at radius 2 is 2.27 bits per heavy atom. The van der Waals surface area contributed by atoms with E-state index in [1.807, 2.05) is 0 Å². The van der Waals surface area contributed by atoms with Crippen LogP contribution in [0.4, 0.5) is 17.1 Å². The van der Waals surface area contributed by atoms with Crippen molar-refractivity contribution in [3.63, 3.8) is 0 Å². The molecule has 1 aromatic carbocycles. The van der Waals surface area contributed by atoms with Crippen molar-refractivity contribution in [1.82, 2.24) is 0 Å². The van der Waals surface area contributed by atoms with Gasteiger partial charge in [0.1, 0.15) is 11.9 Å². The van der Waals surface area contributed by atoms with Crippen LogP contribution < -0.4 is 11.1 Å². The molecule has 1 aromatic rings. The third-order valence-electron chi connectivity index (χ3n) is 1.68. The summed E-state index contributed by atoms with van der Waals surface area (Å²) >= 11 is 5.77. The van der Waals surface area contributed by atoms with Crippen LogP contribution in [0.2, 0.25) is 5.02 Å². The summed E-state index contributed by atoms with van der Waals surface area (Å²) in [5, 5.41) is 22.4. The highest BCUT2D eigenvalue weighted by molar-refractivity contribution is 6.33. The van der Waals surface area contributed by atoms with Gasteiger partial charge < -0.3 is 16.2 Å². The third-order valence-corrected chi connectivity index (χ3v) is 1.99. The number of hydrogen-bond acceptors (Lipinski definition) is 5.